The average molecular weight is 491 g/mol. The minimum absolute atomic E-state index is 0.0400. The number of hydrogen-bond donors (Lipinski definition) is 0. The Bertz CT molecular complexity index is 929. The Balaban J connectivity index is 1.62. The predicted molar refractivity (Wildman–Crippen MR) is 130 cm³/mol. The standard InChI is InChI=1S/C25H31ClN2O4S/c1-2-32-24(31)25-11-4-3-5-21(25)28(12-10-18-6-8-19(26)9-7-18)23(30)20(25)17-22(29)27-13-15-33-16-14-27/h5-9,20H,2-4,10-17H2,1H3/t20-,25-/m0/s1. The summed E-state index contributed by atoms with van der Waals surface area (Å²) in [5, 5.41) is 0.669. The van der Waals surface area contributed by atoms with E-state index in [4.69, 9.17) is 16.3 Å². The Morgan fingerprint density at radius 3 is 2.64 bits per heavy atom. The molecule has 0 saturated carbocycles. The van der Waals surface area contributed by atoms with Crippen molar-refractivity contribution in [2.75, 3.05) is 37.7 Å². The molecule has 6 nitrogen and oxygen atoms in total. The molecule has 8 heteroatoms. The van der Waals surface area contributed by atoms with Crippen LogP contribution in [0.1, 0.15) is 38.2 Å². The molecule has 0 aromatic heterocycles. The number of allylic oxidation sites excluding steroid dienone is 1. The van der Waals surface area contributed by atoms with E-state index in [9.17, 15) is 14.4 Å². The van der Waals surface area contributed by atoms with Crippen LogP contribution >= 0.6 is 23.4 Å². The summed E-state index contributed by atoms with van der Waals surface area (Å²) in [6.45, 7) is 3.87. The Labute approximate surface area is 204 Å². The third-order valence-corrected chi connectivity index (χ3v) is 8.13. The van der Waals surface area contributed by atoms with Crippen LogP contribution in [-0.2, 0) is 25.5 Å². The monoisotopic (exact) mass is 490 g/mol. The second-order valence-corrected chi connectivity index (χ2v) is 10.5. The Hall–Kier alpha value is -1.99. The maximum atomic E-state index is 13.8. The first-order valence-corrected chi connectivity index (χ1v) is 13.3. The van der Waals surface area contributed by atoms with Gasteiger partial charge in [0, 0.05) is 48.3 Å². The molecule has 2 aliphatic heterocycles. The topological polar surface area (TPSA) is 66.9 Å². The van der Waals surface area contributed by atoms with E-state index in [1.807, 2.05) is 47.0 Å². The second-order valence-electron chi connectivity index (χ2n) is 8.79. The lowest BCUT2D eigenvalue weighted by Crippen LogP contribution is -2.45. The van der Waals surface area contributed by atoms with E-state index in [2.05, 4.69) is 0 Å². The molecule has 0 unspecified atom stereocenters. The van der Waals surface area contributed by atoms with Crippen molar-refractivity contribution in [2.45, 2.75) is 39.0 Å². The molecule has 0 radical (unpaired) electrons. The summed E-state index contributed by atoms with van der Waals surface area (Å²) in [5.41, 5.74) is 0.736. The number of esters is 1. The zero-order valence-corrected chi connectivity index (χ0v) is 20.6. The lowest BCUT2D eigenvalue weighted by Gasteiger charge is -2.36. The number of halogens is 1. The molecule has 1 aromatic rings. The van der Waals surface area contributed by atoms with Gasteiger partial charge in [-0.25, -0.2) is 0 Å². The molecule has 2 fully saturated rings. The van der Waals surface area contributed by atoms with Gasteiger partial charge in [-0.2, -0.15) is 11.8 Å². The average Bonchev–Trinajstić information content (AvgIpc) is 3.08. The molecular weight excluding hydrogens is 460 g/mol. The predicted octanol–water partition coefficient (Wildman–Crippen LogP) is 3.92. The highest BCUT2D eigenvalue weighted by Gasteiger charge is 2.62. The van der Waals surface area contributed by atoms with E-state index in [0.29, 0.717) is 37.5 Å². The van der Waals surface area contributed by atoms with Gasteiger partial charge in [0.25, 0.3) is 0 Å². The molecule has 33 heavy (non-hydrogen) atoms. The molecule has 1 aromatic carbocycles. The van der Waals surface area contributed by atoms with Gasteiger partial charge in [0.2, 0.25) is 11.8 Å². The molecule has 2 saturated heterocycles. The summed E-state index contributed by atoms with van der Waals surface area (Å²) in [6, 6.07) is 7.58. The number of hydrogen-bond acceptors (Lipinski definition) is 5. The lowest BCUT2D eigenvalue weighted by molar-refractivity contribution is -0.158. The Morgan fingerprint density at radius 1 is 1.21 bits per heavy atom. The van der Waals surface area contributed by atoms with Crippen molar-refractivity contribution in [1.82, 2.24) is 9.80 Å². The van der Waals surface area contributed by atoms with E-state index in [0.717, 1.165) is 35.6 Å². The molecule has 2 heterocycles. The summed E-state index contributed by atoms with van der Waals surface area (Å²) in [5.74, 6) is 0.560. The van der Waals surface area contributed by atoms with E-state index in [1.54, 1.807) is 11.8 Å². The summed E-state index contributed by atoms with van der Waals surface area (Å²) >= 11 is 7.84. The number of nitrogens with zero attached hydrogens (tertiary/aromatic N) is 2. The number of carbonyl (C=O) groups excluding carboxylic acids is 3. The van der Waals surface area contributed by atoms with Gasteiger partial charge < -0.3 is 14.5 Å². The van der Waals surface area contributed by atoms with Crippen LogP contribution in [0.5, 0.6) is 0 Å². The number of amides is 2. The van der Waals surface area contributed by atoms with Crippen molar-refractivity contribution >= 4 is 41.1 Å². The molecule has 1 aliphatic carbocycles. The van der Waals surface area contributed by atoms with E-state index in [1.165, 1.54) is 0 Å². The fourth-order valence-electron chi connectivity index (χ4n) is 5.26. The second kappa shape index (κ2) is 10.5. The number of likely N-dealkylation sites (tertiary alicyclic amines) is 1. The Kier molecular flexibility index (Phi) is 7.69. The van der Waals surface area contributed by atoms with Crippen molar-refractivity contribution < 1.29 is 19.1 Å². The van der Waals surface area contributed by atoms with Gasteiger partial charge in [-0.1, -0.05) is 29.8 Å². The van der Waals surface area contributed by atoms with Crippen LogP contribution in [0, 0.1) is 11.3 Å². The van der Waals surface area contributed by atoms with Crippen molar-refractivity contribution in [3.05, 3.63) is 46.6 Å². The lowest BCUT2D eigenvalue weighted by atomic mass is 9.68. The molecule has 2 amide bonds. The number of rotatable bonds is 7. The van der Waals surface area contributed by atoms with Crippen molar-refractivity contribution in [3.8, 4) is 0 Å². The zero-order chi connectivity index (χ0) is 23.4. The van der Waals surface area contributed by atoms with Crippen LogP contribution in [0.25, 0.3) is 0 Å². The van der Waals surface area contributed by atoms with Crippen LogP contribution in [0.4, 0.5) is 0 Å². The Morgan fingerprint density at radius 2 is 1.94 bits per heavy atom. The molecule has 0 N–H and O–H groups in total. The van der Waals surface area contributed by atoms with Crippen LogP contribution in [0.2, 0.25) is 5.02 Å². The van der Waals surface area contributed by atoms with Crippen molar-refractivity contribution in [1.29, 1.82) is 0 Å². The van der Waals surface area contributed by atoms with Crippen LogP contribution in [-0.4, -0.2) is 65.3 Å². The largest absolute Gasteiger partial charge is 0.465 e. The van der Waals surface area contributed by atoms with Gasteiger partial charge in [0.15, 0.2) is 0 Å². The number of carbonyl (C=O) groups is 3. The SMILES string of the molecule is CCOC(=O)[C@]12CCCC=C1N(CCc1ccc(Cl)cc1)C(=O)[C@@H]2CC(=O)N1CCSCC1. The minimum atomic E-state index is -1.06. The molecule has 0 spiro atoms. The molecule has 0 bridgehead atoms. The van der Waals surface area contributed by atoms with Crippen molar-refractivity contribution in [2.24, 2.45) is 11.3 Å². The smallest absolute Gasteiger partial charge is 0.318 e. The third-order valence-electron chi connectivity index (χ3n) is 6.94. The number of fused-ring (bicyclic) bond motifs is 1. The van der Waals surface area contributed by atoms with E-state index >= 15 is 0 Å². The highest BCUT2D eigenvalue weighted by Crippen LogP contribution is 2.53. The van der Waals surface area contributed by atoms with Gasteiger partial charge in [0.1, 0.15) is 5.41 Å². The van der Waals surface area contributed by atoms with Crippen LogP contribution < -0.4 is 0 Å². The van der Waals surface area contributed by atoms with Gasteiger partial charge in [-0.15, -0.1) is 0 Å². The fraction of sp³-hybridized carbons (Fsp3) is 0.560. The molecule has 2 atom stereocenters. The first-order chi connectivity index (χ1) is 16.0. The van der Waals surface area contributed by atoms with E-state index < -0.39 is 11.3 Å². The van der Waals surface area contributed by atoms with Crippen molar-refractivity contribution in [3.63, 3.8) is 0 Å². The van der Waals surface area contributed by atoms with Crippen LogP contribution in [0.15, 0.2) is 36.0 Å². The maximum Gasteiger partial charge on any atom is 0.318 e. The van der Waals surface area contributed by atoms with E-state index in [-0.39, 0.29) is 30.8 Å². The summed E-state index contributed by atoms with van der Waals surface area (Å²) in [7, 11) is 0. The number of ether oxygens (including phenoxy) is 1. The zero-order valence-electron chi connectivity index (χ0n) is 19.1. The van der Waals surface area contributed by atoms with Gasteiger partial charge in [-0.05, 0) is 50.3 Å². The highest BCUT2D eigenvalue weighted by molar-refractivity contribution is 7.99. The minimum Gasteiger partial charge on any atom is -0.465 e. The molecule has 4 rings (SSSR count). The first-order valence-electron chi connectivity index (χ1n) is 11.8. The summed E-state index contributed by atoms with van der Waals surface area (Å²) in [4.78, 5) is 43.9. The highest BCUT2D eigenvalue weighted by atomic mass is 35.5. The van der Waals surface area contributed by atoms with Gasteiger partial charge in [0.05, 0.1) is 12.5 Å². The molecule has 178 valence electrons. The summed E-state index contributed by atoms with van der Waals surface area (Å²) < 4.78 is 5.51. The molecular formula is C25H31ClN2O4S. The number of thioether (sulfide) groups is 1. The first kappa shape index (κ1) is 24.1. The number of benzene rings is 1. The normalized spacial score (nSPS) is 25.0. The summed E-state index contributed by atoms with van der Waals surface area (Å²) in [6.07, 6.45) is 4.86. The van der Waals surface area contributed by atoms with Gasteiger partial charge >= 0.3 is 5.97 Å². The third kappa shape index (κ3) is 4.80. The van der Waals surface area contributed by atoms with Gasteiger partial charge in [-0.3, -0.25) is 14.4 Å². The van der Waals surface area contributed by atoms with Crippen LogP contribution in [0.3, 0.4) is 0 Å². The molecule has 3 aliphatic rings. The quantitative estimate of drug-likeness (QED) is 0.542. The fourth-order valence-corrected chi connectivity index (χ4v) is 6.29. The maximum absolute atomic E-state index is 13.8.